The Hall–Kier alpha value is -1.20. The van der Waals surface area contributed by atoms with Crippen LogP contribution < -0.4 is 10.2 Å². The van der Waals surface area contributed by atoms with E-state index in [4.69, 9.17) is 4.74 Å². The maximum Gasteiger partial charge on any atom is 0.225 e. The largest absolute Gasteiger partial charge is 0.378 e. The van der Waals surface area contributed by atoms with Gasteiger partial charge in [-0.1, -0.05) is 20.8 Å². The molecule has 1 N–H and O–H groups in total. The lowest BCUT2D eigenvalue weighted by Gasteiger charge is -2.33. The van der Waals surface area contributed by atoms with Crippen molar-refractivity contribution >= 4 is 5.95 Å². The number of hydrogen-bond acceptors (Lipinski definition) is 5. The highest BCUT2D eigenvalue weighted by atomic mass is 16.5. The normalized spacial score (nSPS) is 16.9. The topological polar surface area (TPSA) is 50.3 Å². The molecule has 1 aliphatic heterocycles. The SMILES string of the molecule is CC(C)(C)CC(C)(C)NCc1cnc(N2CCOCC2)nc1. The first-order valence-electron chi connectivity index (χ1n) is 8.14. The van der Waals surface area contributed by atoms with E-state index >= 15 is 0 Å². The molecule has 2 heterocycles. The minimum absolute atomic E-state index is 0.0983. The van der Waals surface area contributed by atoms with Crippen molar-refractivity contribution in [3.63, 3.8) is 0 Å². The van der Waals surface area contributed by atoms with E-state index in [1.165, 1.54) is 0 Å². The number of ether oxygens (including phenoxy) is 1. The summed E-state index contributed by atoms with van der Waals surface area (Å²) in [4.78, 5) is 11.2. The summed E-state index contributed by atoms with van der Waals surface area (Å²) < 4.78 is 5.35. The molecule has 0 bridgehead atoms. The molecule has 0 saturated carbocycles. The maximum atomic E-state index is 5.35. The average Bonchev–Trinajstić information content (AvgIpc) is 2.44. The molecular formula is C17H30N4O. The van der Waals surface area contributed by atoms with Gasteiger partial charge in [0.2, 0.25) is 5.95 Å². The molecule has 0 spiro atoms. The Balaban J connectivity index is 1.88. The third-order valence-corrected chi connectivity index (χ3v) is 3.73. The molecule has 0 aromatic carbocycles. The zero-order valence-corrected chi connectivity index (χ0v) is 14.6. The number of nitrogens with zero attached hydrogens (tertiary/aromatic N) is 3. The first-order chi connectivity index (χ1) is 10.3. The molecule has 0 radical (unpaired) electrons. The lowest BCUT2D eigenvalue weighted by Crippen LogP contribution is -2.42. The minimum atomic E-state index is 0.0983. The quantitative estimate of drug-likeness (QED) is 0.906. The fourth-order valence-corrected chi connectivity index (χ4v) is 3.10. The third-order valence-electron chi connectivity index (χ3n) is 3.73. The van der Waals surface area contributed by atoms with Crippen LogP contribution in [0.4, 0.5) is 5.95 Å². The lowest BCUT2D eigenvalue weighted by molar-refractivity contribution is 0.122. The van der Waals surface area contributed by atoms with Gasteiger partial charge in [-0.3, -0.25) is 0 Å². The molecule has 5 nitrogen and oxygen atoms in total. The van der Waals surface area contributed by atoms with E-state index in [-0.39, 0.29) is 5.54 Å². The molecule has 5 heteroatoms. The summed E-state index contributed by atoms with van der Waals surface area (Å²) in [5.74, 6) is 0.806. The van der Waals surface area contributed by atoms with Gasteiger partial charge in [-0.05, 0) is 25.7 Å². The molecule has 124 valence electrons. The van der Waals surface area contributed by atoms with Crippen molar-refractivity contribution in [2.45, 2.75) is 53.1 Å². The summed E-state index contributed by atoms with van der Waals surface area (Å²) in [6.45, 7) is 15.4. The molecule has 0 unspecified atom stereocenters. The second kappa shape index (κ2) is 6.92. The molecular weight excluding hydrogens is 276 g/mol. The average molecular weight is 306 g/mol. The summed E-state index contributed by atoms with van der Waals surface area (Å²) in [6, 6.07) is 0. The number of aromatic nitrogens is 2. The van der Waals surface area contributed by atoms with Crippen LogP contribution in [0.25, 0.3) is 0 Å². The third kappa shape index (κ3) is 5.54. The predicted molar refractivity (Wildman–Crippen MR) is 90.1 cm³/mol. The van der Waals surface area contributed by atoms with Crippen molar-refractivity contribution in [1.29, 1.82) is 0 Å². The smallest absolute Gasteiger partial charge is 0.225 e. The molecule has 0 atom stereocenters. The Morgan fingerprint density at radius 1 is 1.09 bits per heavy atom. The van der Waals surface area contributed by atoms with E-state index in [0.717, 1.165) is 50.8 Å². The van der Waals surface area contributed by atoms with Crippen LogP contribution in [0.5, 0.6) is 0 Å². The van der Waals surface area contributed by atoms with Crippen molar-refractivity contribution in [2.75, 3.05) is 31.2 Å². The van der Waals surface area contributed by atoms with Gasteiger partial charge in [0.15, 0.2) is 0 Å². The van der Waals surface area contributed by atoms with Gasteiger partial charge in [-0.25, -0.2) is 9.97 Å². The lowest BCUT2D eigenvalue weighted by atomic mass is 9.82. The van der Waals surface area contributed by atoms with Gasteiger partial charge < -0.3 is 15.0 Å². The Labute approximate surface area is 134 Å². The van der Waals surface area contributed by atoms with Crippen molar-refractivity contribution in [1.82, 2.24) is 15.3 Å². The summed E-state index contributed by atoms with van der Waals surface area (Å²) in [6.07, 6.45) is 4.97. The highest BCUT2D eigenvalue weighted by molar-refractivity contribution is 5.30. The first kappa shape index (κ1) is 17.2. The monoisotopic (exact) mass is 306 g/mol. The maximum absolute atomic E-state index is 5.35. The van der Waals surface area contributed by atoms with Crippen LogP contribution in [0.15, 0.2) is 12.4 Å². The van der Waals surface area contributed by atoms with E-state index in [9.17, 15) is 0 Å². The number of hydrogen-bond donors (Lipinski definition) is 1. The van der Waals surface area contributed by atoms with Gasteiger partial charge in [0.05, 0.1) is 13.2 Å². The Morgan fingerprint density at radius 2 is 1.68 bits per heavy atom. The Kier molecular flexibility index (Phi) is 5.40. The Morgan fingerprint density at radius 3 is 2.23 bits per heavy atom. The van der Waals surface area contributed by atoms with Gasteiger partial charge in [-0.2, -0.15) is 0 Å². The van der Waals surface area contributed by atoms with Crippen LogP contribution in [0, 0.1) is 5.41 Å². The fourth-order valence-electron chi connectivity index (χ4n) is 3.10. The van der Waals surface area contributed by atoms with Crippen LogP contribution in [0.1, 0.15) is 46.6 Å². The molecule has 1 saturated heterocycles. The second-order valence-corrected chi connectivity index (χ2v) is 7.97. The Bertz CT molecular complexity index is 459. The highest BCUT2D eigenvalue weighted by Crippen LogP contribution is 2.27. The number of morpholine rings is 1. The highest BCUT2D eigenvalue weighted by Gasteiger charge is 2.24. The molecule has 1 aromatic heterocycles. The minimum Gasteiger partial charge on any atom is -0.378 e. The van der Waals surface area contributed by atoms with Crippen LogP contribution in [-0.4, -0.2) is 41.8 Å². The van der Waals surface area contributed by atoms with Crippen LogP contribution in [-0.2, 0) is 11.3 Å². The van der Waals surface area contributed by atoms with Crippen LogP contribution in [0.3, 0.4) is 0 Å². The summed E-state index contributed by atoms with van der Waals surface area (Å²) in [7, 11) is 0. The molecule has 2 rings (SSSR count). The van der Waals surface area contributed by atoms with Crippen molar-refractivity contribution in [2.24, 2.45) is 5.41 Å². The van der Waals surface area contributed by atoms with Crippen LogP contribution >= 0.6 is 0 Å². The molecule has 1 aromatic rings. The first-order valence-corrected chi connectivity index (χ1v) is 8.14. The van der Waals surface area contributed by atoms with E-state index in [1.807, 2.05) is 12.4 Å². The predicted octanol–water partition coefficient (Wildman–Crippen LogP) is 2.62. The van der Waals surface area contributed by atoms with E-state index < -0.39 is 0 Å². The molecule has 1 aliphatic rings. The van der Waals surface area contributed by atoms with Gasteiger partial charge in [0.1, 0.15) is 0 Å². The summed E-state index contributed by atoms with van der Waals surface area (Å²) in [5, 5.41) is 3.62. The van der Waals surface area contributed by atoms with E-state index in [1.54, 1.807) is 0 Å². The number of rotatable bonds is 5. The van der Waals surface area contributed by atoms with Crippen LogP contribution in [0.2, 0.25) is 0 Å². The van der Waals surface area contributed by atoms with Gasteiger partial charge in [0.25, 0.3) is 0 Å². The van der Waals surface area contributed by atoms with Crippen molar-refractivity contribution < 1.29 is 4.74 Å². The number of nitrogens with one attached hydrogen (secondary N) is 1. The molecule has 1 fully saturated rings. The van der Waals surface area contributed by atoms with E-state index in [0.29, 0.717) is 5.41 Å². The van der Waals surface area contributed by atoms with Gasteiger partial charge in [0, 0.05) is 43.1 Å². The standard InChI is InChI=1S/C17H30N4O/c1-16(2,3)13-17(4,5)20-12-14-10-18-15(19-11-14)21-6-8-22-9-7-21/h10-11,20H,6-9,12-13H2,1-5H3. The van der Waals surface area contributed by atoms with Gasteiger partial charge in [-0.15, -0.1) is 0 Å². The number of anilines is 1. The molecule has 0 aliphatic carbocycles. The summed E-state index contributed by atoms with van der Waals surface area (Å²) in [5.41, 5.74) is 1.54. The summed E-state index contributed by atoms with van der Waals surface area (Å²) >= 11 is 0. The van der Waals surface area contributed by atoms with Gasteiger partial charge >= 0.3 is 0 Å². The zero-order valence-electron chi connectivity index (χ0n) is 14.6. The molecule has 22 heavy (non-hydrogen) atoms. The zero-order chi connectivity index (χ0) is 16.2. The molecule has 0 amide bonds. The fraction of sp³-hybridized carbons (Fsp3) is 0.765. The van der Waals surface area contributed by atoms with E-state index in [2.05, 4.69) is 54.8 Å². The second-order valence-electron chi connectivity index (χ2n) is 7.97. The van der Waals surface area contributed by atoms with Crippen molar-refractivity contribution in [3.05, 3.63) is 18.0 Å². The van der Waals surface area contributed by atoms with Crippen molar-refractivity contribution in [3.8, 4) is 0 Å².